The number of aromatic amines is 1. The van der Waals surface area contributed by atoms with E-state index in [0.717, 1.165) is 29.7 Å². The van der Waals surface area contributed by atoms with Crippen LogP contribution in [0.2, 0.25) is 0 Å². The van der Waals surface area contributed by atoms with Gasteiger partial charge in [0.2, 0.25) is 0 Å². The first-order chi connectivity index (χ1) is 7.72. The van der Waals surface area contributed by atoms with Gasteiger partial charge in [-0.05, 0) is 41.1 Å². The topological polar surface area (TPSA) is 54.7 Å². The average Bonchev–Trinajstić information content (AvgIpc) is 2.61. The maximum absolute atomic E-state index is 5.86. The Bertz CT molecular complexity index is 491. The zero-order chi connectivity index (χ0) is 11.5. The molecule has 0 radical (unpaired) electrons. The monoisotopic (exact) mass is 327 g/mol. The van der Waals surface area contributed by atoms with E-state index in [-0.39, 0.29) is 0 Å². The van der Waals surface area contributed by atoms with Crippen LogP contribution in [-0.2, 0) is 6.42 Å². The van der Waals surface area contributed by atoms with Gasteiger partial charge in [-0.15, -0.1) is 0 Å². The molecule has 2 aromatic rings. The SMILES string of the molecule is CCCc1c(N)n[nH]c1-c1cccc(I)c1. The molecular weight excluding hydrogens is 313 g/mol. The van der Waals surface area contributed by atoms with Crippen molar-refractivity contribution in [1.82, 2.24) is 10.2 Å². The molecule has 0 atom stereocenters. The minimum Gasteiger partial charge on any atom is -0.382 e. The Kier molecular flexibility index (Phi) is 3.48. The summed E-state index contributed by atoms with van der Waals surface area (Å²) in [5.74, 6) is 0.621. The lowest BCUT2D eigenvalue weighted by Gasteiger charge is -2.03. The van der Waals surface area contributed by atoms with E-state index >= 15 is 0 Å². The summed E-state index contributed by atoms with van der Waals surface area (Å²) in [5, 5.41) is 7.12. The van der Waals surface area contributed by atoms with Crippen LogP contribution in [0, 0.1) is 3.57 Å². The summed E-state index contributed by atoms with van der Waals surface area (Å²) in [4.78, 5) is 0. The van der Waals surface area contributed by atoms with Gasteiger partial charge in [-0.1, -0.05) is 25.5 Å². The number of anilines is 1. The first-order valence-corrected chi connectivity index (χ1v) is 6.39. The second-order valence-electron chi connectivity index (χ2n) is 3.72. The number of nitrogens with zero attached hydrogens (tertiary/aromatic N) is 1. The predicted molar refractivity (Wildman–Crippen MR) is 75.1 cm³/mol. The van der Waals surface area contributed by atoms with Crippen LogP contribution in [0.4, 0.5) is 5.82 Å². The van der Waals surface area contributed by atoms with Crippen molar-refractivity contribution in [2.75, 3.05) is 5.73 Å². The number of nitrogens with two attached hydrogens (primary N) is 1. The van der Waals surface area contributed by atoms with E-state index in [2.05, 4.69) is 57.9 Å². The minimum atomic E-state index is 0.621. The van der Waals surface area contributed by atoms with Crippen LogP contribution in [0.5, 0.6) is 0 Å². The molecule has 0 aliphatic heterocycles. The maximum atomic E-state index is 5.86. The van der Waals surface area contributed by atoms with Crippen molar-refractivity contribution in [2.45, 2.75) is 19.8 Å². The van der Waals surface area contributed by atoms with Gasteiger partial charge in [-0.2, -0.15) is 5.10 Å². The third-order valence-electron chi connectivity index (χ3n) is 2.51. The summed E-state index contributed by atoms with van der Waals surface area (Å²) < 4.78 is 1.21. The van der Waals surface area contributed by atoms with Crippen molar-refractivity contribution in [3.05, 3.63) is 33.4 Å². The maximum Gasteiger partial charge on any atom is 0.149 e. The second kappa shape index (κ2) is 4.86. The first-order valence-electron chi connectivity index (χ1n) is 5.31. The molecule has 1 aromatic heterocycles. The number of hydrogen-bond donors (Lipinski definition) is 2. The second-order valence-corrected chi connectivity index (χ2v) is 4.97. The molecule has 0 fully saturated rings. The van der Waals surface area contributed by atoms with Crippen molar-refractivity contribution >= 4 is 28.4 Å². The largest absolute Gasteiger partial charge is 0.382 e. The smallest absolute Gasteiger partial charge is 0.149 e. The highest BCUT2D eigenvalue weighted by Crippen LogP contribution is 2.27. The standard InChI is InChI=1S/C12H14IN3/c1-2-4-10-11(15-16-12(10)14)8-5-3-6-9(13)7-8/h3,5-7H,2,4H2,1H3,(H3,14,15,16). The fourth-order valence-corrected chi connectivity index (χ4v) is 2.31. The van der Waals surface area contributed by atoms with E-state index in [1.807, 2.05) is 6.07 Å². The molecule has 3 nitrogen and oxygen atoms in total. The lowest BCUT2D eigenvalue weighted by atomic mass is 10.0. The summed E-state index contributed by atoms with van der Waals surface area (Å²) >= 11 is 2.31. The molecule has 1 heterocycles. The van der Waals surface area contributed by atoms with Crippen LogP contribution in [0.1, 0.15) is 18.9 Å². The molecule has 16 heavy (non-hydrogen) atoms. The number of nitrogen functional groups attached to an aromatic ring is 1. The lowest BCUT2D eigenvalue weighted by molar-refractivity contribution is 0.927. The van der Waals surface area contributed by atoms with E-state index in [1.165, 1.54) is 3.57 Å². The van der Waals surface area contributed by atoms with Crippen molar-refractivity contribution in [3.63, 3.8) is 0 Å². The fraction of sp³-hybridized carbons (Fsp3) is 0.250. The summed E-state index contributed by atoms with van der Waals surface area (Å²) in [6.45, 7) is 2.14. The molecule has 0 unspecified atom stereocenters. The van der Waals surface area contributed by atoms with Crippen molar-refractivity contribution in [1.29, 1.82) is 0 Å². The molecule has 0 aliphatic rings. The van der Waals surface area contributed by atoms with Crippen molar-refractivity contribution in [3.8, 4) is 11.3 Å². The van der Waals surface area contributed by atoms with Gasteiger partial charge in [0.1, 0.15) is 5.82 Å². The summed E-state index contributed by atoms with van der Waals surface area (Å²) in [6, 6.07) is 8.33. The van der Waals surface area contributed by atoms with E-state index in [4.69, 9.17) is 5.73 Å². The Balaban J connectivity index is 2.47. The Morgan fingerprint density at radius 2 is 2.25 bits per heavy atom. The highest BCUT2D eigenvalue weighted by molar-refractivity contribution is 14.1. The molecule has 0 saturated heterocycles. The van der Waals surface area contributed by atoms with Crippen LogP contribution < -0.4 is 5.73 Å². The predicted octanol–water partition coefficient (Wildman–Crippen LogP) is 3.22. The molecule has 3 N–H and O–H groups in total. The van der Waals surface area contributed by atoms with Gasteiger partial charge in [0.15, 0.2) is 0 Å². The van der Waals surface area contributed by atoms with Gasteiger partial charge in [0.25, 0.3) is 0 Å². The Morgan fingerprint density at radius 3 is 2.94 bits per heavy atom. The number of rotatable bonds is 3. The van der Waals surface area contributed by atoms with Gasteiger partial charge in [-0.25, -0.2) is 0 Å². The van der Waals surface area contributed by atoms with E-state index in [9.17, 15) is 0 Å². The number of hydrogen-bond acceptors (Lipinski definition) is 2. The third kappa shape index (κ3) is 2.21. The Morgan fingerprint density at radius 1 is 1.44 bits per heavy atom. The van der Waals surface area contributed by atoms with Crippen LogP contribution >= 0.6 is 22.6 Å². The highest BCUT2D eigenvalue weighted by Gasteiger charge is 2.11. The van der Waals surface area contributed by atoms with Crippen LogP contribution in [0.25, 0.3) is 11.3 Å². The number of halogens is 1. The number of nitrogens with one attached hydrogen (secondary N) is 1. The minimum absolute atomic E-state index is 0.621. The van der Waals surface area contributed by atoms with Crippen molar-refractivity contribution in [2.24, 2.45) is 0 Å². The Hall–Kier alpha value is -1.04. The van der Waals surface area contributed by atoms with Crippen LogP contribution in [0.15, 0.2) is 24.3 Å². The van der Waals surface area contributed by atoms with Crippen LogP contribution in [-0.4, -0.2) is 10.2 Å². The molecular formula is C12H14IN3. The van der Waals surface area contributed by atoms with Gasteiger partial charge < -0.3 is 5.73 Å². The number of aromatic nitrogens is 2. The average molecular weight is 327 g/mol. The van der Waals surface area contributed by atoms with Crippen molar-refractivity contribution < 1.29 is 0 Å². The number of H-pyrrole nitrogens is 1. The third-order valence-corrected chi connectivity index (χ3v) is 3.18. The van der Waals surface area contributed by atoms with E-state index in [0.29, 0.717) is 5.82 Å². The molecule has 1 aromatic carbocycles. The van der Waals surface area contributed by atoms with Gasteiger partial charge in [0.05, 0.1) is 5.69 Å². The summed E-state index contributed by atoms with van der Waals surface area (Å²) in [6.07, 6.45) is 2.03. The molecule has 0 spiro atoms. The summed E-state index contributed by atoms with van der Waals surface area (Å²) in [5.41, 5.74) is 9.19. The molecule has 2 rings (SSSR count). The molecule has 0 saturated carbocycles. The molecule has 4 heteroatoms. The van der Waals surface area contributed by atoms with Gasteiger partial charge in [0, 0.05) is 14.7 Å². The zero-order valence-corrected chi connectivity index (χ0v) is 11.3. The highest BCUT2D eigenvalue weighted by atomic mass is 127. The van der Waals surface area contributed by atoms with Gasteiger partial charge in [-0.3, -0.25) is 5.10 Å². The van der Waals surface area contributed by atoms with Gasteiger partial charge >= 0.3 is 0 Å². The molecule has 0 aliphatic carbocycles. The quantitative estimate of drug-likeness (QED) is 0.851. The number of benzene rings is 1. The lowest BCUT2D eigenvalue weighted by Crippen LogP contribution is -1.92. The molecule has 0 bridgehead atoms. The summed E-state index contributed by atoms with van der Waals surface area (Å²) in [7, 11) is 0. The molecule has 0 amide bonds. The molecule has 84 valence electrons. The fourth-order valence-electron chi connectivity index (χ4n) is 1.76. The van der Waals surface area contributed by atoms with E-state index in [1.54, 1.807) is 0 Å². The normalized spacial score (nSPS) is 10.6. The van der Waals surface area contributed by atoms with Crippen LogP contribution in [0.3, 0.4) is 0 Å². The zero-order valence-electron chi connectivity index (χ0n) is 9.13. The van der Waals surface area contributed by atoms with E-state index < -0.39 is 0 Å². The first kappa shape index (κ1) is 11.4. The Labute approximate surface area is 109 Å².